The Morgan fingerprint density at radius 2 is 2.21 bits per heavy atom. The normalized spacial score (nSPS) is 19.5. The lowest BCUT2D eigenvalue weighted by Gasteiger charge is -2.22. The fourth-order valence-corrected chi connectivity index (χ4v) is 1.73. The van der Waals surface area contributed by atoms with E-state index in [0.717, 1.165) is 5.57 Å². The molecule has 0 bridgehead atoms. The first-order valence-electron chi connectivity index (χ1n) is 4.19. The van der Waals surface area contributed by atoms with Crippen LogP contribution in [0.3, 0.4) is 0 Å². The molecule has 0 saturated heterocycles. The van der Waals surface area contributed by atoms with Crippen molar-refractivity contribution in [2.75, 3.05) is 12.8 Å². The van der Waals surface area contributed by atoms with Gasteiger partial charge >= 0.3 is 5.38 Å². The Morgan fingerprint density at radius 1 is 1.57 bits per heavy atom. The molecule has 0 amide bonds. The second kappa shape index (κ2) is 4.53. The Kier molecular flexibility index (Phi) is 3.84. The van der Waals surface area contributed by atoms with Gasteiger partial charge in [-0.25, -0.2) is 0 Å². The van der Waals surface area contributed by atoms with Crippen molar-refractivity contribution in [3.63, 3.8) is 0 Å². The predicted octanol–water partition coefficient (Wildman–Crippen LogP) is 2.98. The van der Waals surface area contributed by atoms with Gasteiger partial charge in [-0.05, 0) is 36.4 Å². The average molecular weight is 240 g/mol. The second-order valence-corrected chi connectivity index (χ2v) is 4.70. The molecule has 5 heteroatoms. The molecule has 0 aromatic carbocycles. The number of allylic oxidation sites excluding steroid dienone is 3. The van der Waals surface area contributed by atoms with E-state index in [-0.39, 0.29) is 5.70 Å². The van der Waals surface area contributed by atoms with Crippen LogP contribution in [0.1, 0.15) is 6.92 Å². The molecule has 1 rings (SSSR count). The topological polar surface area (TPSA) is 12.0 Å². The lowest BCUT2D eigenvalue weighted by molar-refractivity contribution is 0.130. The third-order valence-electron chi connectivity index (χ3n) is 2.13. The highest BCUT2D eigenvalue weighted by molar-refractivity contribution is 7.99. The predicted molar refractivity (Wildman–Crippen MR) is 57.9 cm³/mol. The van der Waals surface area contributed by atoms with Crippen LogP contribution in [0.2, 0.25) is 0 Å². The fraction of sp³-hybridized carbons (Fsp3) is 0.556. The highest BCUT2D eigenvalue weighted by atomic mass is 35.5. The monoisotopic (exact) mass is 239 g/mol. The molecule has 0 saturated carbocycles. The standard InChI is InChI=1S/C9H12ClF2NS/c1-6(14-2)7-3-4-8(13-5-7)9(10,11)12/h3-4,6,13H,5H2,1-2H3. The molecular formula is C9H12ClF2NS. The van der Waals surface area contributed by atoms with E-state index in [1.807, 2.05) is 13.2 Å². The molecule has 1 atom stereocenters. The Balaban J connectivity index is 2.74. The van der Waals surface area contributed by atoms with Gasteiger partial charge in [-0.1, -0.05) is 6.08 Å². The number of hydrogen-bond donors (Lipinski definition) is 1. The fourth-order valence-electron chi connectivity index (χ4n) is 1.13. The maximum absolute atomic E-state index is 12.6. The minimum absolute atomic E-state index is 0.226. The van der Waals surface area contributed by atoms with E-state index in [2.05, 4.69) is 5.32 Å². The van der Waals surface area contributed by atoms with Gasteiger partial charge in [0.15, 0.2) is 0 Å². The molecule has 14 heavy (non-hydrogen) atoms. The minimum Gasteiger partial charge on any atom is -0.379 e. The van der Waals surface area contributed by atoms with Gasteiger partial charge in [0.25, 0.3) is 0 Å². The van der Waals surface area contributed by atoms with Crippen molar-refractivity contribution in [2.24, 2.45) is 0 Å². The van der Waals surface area contributed by atoms with Gasteiger partial charge in [0.1, 0.15) is 0 Å². The van der Waals surface area contributed by atoms with Crippen LogP contribution in [0.15, 0.2) is 23.4 Å². The molecule has 0 spiro atoms. The maximum atomic E-state index is 12.6. The number of dihydropyridines is 1. The first-order valence-corrected chi connectivity index (χ1v) is 5.86. The van der Waals surface area contributed by atoms with Crippen molar-refractivity contribution in [3.8, 4) is 0 Å². The first-order chi connectivity index (χ1) is 6.45. The summed E-state index contributed by atoms with van der Waals surface area (Å²) in [6, 6.07) is 0. The van der Waals surface area contributed by atoms with Crippen LogP contribution in [-0.2, 0) is 0 Å². The molecule has 0 aliphatic carbocycles. The van der Waals surface area contributed by atoms with Gasteiger partial charge in [-0.15, -0.1) is 0 Å². The molecule has 1 aliphatic rings. The van der Waals surface area contributed by atoms with E-state index in [0.29, 0.717) is 11.8 Å². The number of alkyl halides is 3. The van der Waals surface area contributed by atoms with Crippen molar-refractivity contribution < 1.29 is 8.78 Å². The van der Waals surface area contributed by atoms with E-state index >= 15 is 0 Å². The molecule has 80 valence electrons. The molecule has 1 N–H and O–H groups in total. The van der Waals surface area contributed by atoms with Crippen LogP contribution in [0, 0.1) is 0 Å². The third-order valence-corrected chi connectivity index (χ3v) is 3.34. The molecule has 1 unspecified atom stereocenters. The smallest absolute Gasteiger partial charge is 0.362 e. The van der Waals surface area contributed by atoms with E-state index < -0.39 is 5.38 Å². The summed E-state index contributed by atoms with van der Waals surface area (Å²) in [5.41, 5.74) is 0.874. The number of halogens is 3. The van der Waals surface area contributed by atoms with Crippen molar-refractivity contribution >= 4 is 23.4 Å². The van der Waals surface area contributed by atoms with E-state index in [9.17, 15) is 8.78 Å². The SMILES string of the molecule is CSC(C)C1=CC=C(C(F)(F)Cl)NC1. The summed E-state index contributed by atoms with van der Waals surface area (Å²) in [5, 5.41) is -0.328. The maximum Gasteiger partial charge on any atom is 0.362 e. The van der Waals surface area contributed by atoms with Crippen LogP contribution in [-0.4, -0.2) is 23.4 Å². The summed E-state index contributed by atoms with van der Waals surface area (Å²) in [6.07, 6.45) is 5.04. The van der Waals surface area contributed by atoms with Gasteiger partial charge in [0.05, 0.1) is 5.70 Å². The second-order valence-electron chi connectivity index (χ2n) is 3.05. The quantitative estimate of drug-likeness (QED) is 0.760. The van der Waals surface area contributed by atoms with Crippen LogP contribution in [0.5, 0.6) is 0 Å². The highest BCUT2D eigenvalue weighted by Gasteiger charge is 2.31. The van der Waals surface area contributed by atoms with Crippen molar-refractivity contribution in [1.29, 1.82) is 0 Å². The summed E-state index contributed by atoms with van der Waals surface area (Å²) >= 11 is 6.56. The Hall–Kier alpha value is -0.220. The van der Waals surface area contributed by atoms with Gasteiger partial charge in [0, 0.05) is 11.8 Å². The summed E-state index contributed by atoms with van der Waals surface area (Å²) in [6.45, 7) is 2.48. The Bertz CT molecular complexity index is 270. The van der Waals surface area contributed by atoms with E-state index in [1.165, 1.54) is 6.08 Å². The third kappa shape index (κ3) is 2.89. The summed E-state index contributed by atoms with van der Waals surface area (Å²) < 4.78 is 25.2. The summed E-state index contributed by atoms with van der Waals surface area (Å²) in [7, 11) is 0. The number of nitrogens with one attached hydrogen (secondary N) is 1. The van der Waals surface area contributed by atoms with E-state index in [1.54, 1.807) is 17.8 Å². The summed E-state index contributed by atoms with van der Waals surface area (Å²) in [5.74, 6) is 0. The Morgan fingerprint density at radius 3 is 2.57 bits per heavy atom. The first kappa shape index (κ1) is 11.9. The van der Waals surface area contributed by atoms with Gasteiger partial charge in [0.2, 0.25) is 0 Å². The number of rotatable bonds is 3. The van der Waals surface area contributed by atoms with Crippen LogP contribution in [0.4, 0.5) is 8.78 Å². The zero-order chi connectivity index (χ0) is 10.8. The van der Waals surface area contributed by atoms with Crippen LogP contribution >= 0.6 is 23.4 Å². The molecule has 1 heterocycles. The average Bonchev–Trinajstić information content (AvgIpc) is 2.15. The zero-order valence-electron chi connectivity index (χ0n) is 7.98. The lowest BCUT2D eigenvalue weighted by Crippen LogP contribution is -2.30. The largest absolute Gasteiger partial charge is 0.379 e. The number of thioether (sulfide) groups is 1. The molecule has 0 aromatic rings. The molecule has 1 aliphatic heterocycles. The van der Waals surface area contributed by atoms with Crippen molar-refractivity contribution in [1.82, 2.24) is 5.32 Å². The zero-order valence-corrected chi connectivity index (χ0v) is 9.55. The van der Waals surface area contributed by atoms with Crippen LogP contribution < -0.4 is 5.32 Å². The molecule has 0 fully saturated rings. The summed E-state index contributed by atoms with van der Waals surface area (Å²) in [4.78, 5) is 0. The van der Waals surface area contributed by atoms with Gasteiger partial charge < -0.3 is 5.32 Å². The molecular weight excluding hydrogens is 228 g/mol. The van der Waals surface area contributed by atoms with Gasteiger partial charge in [-0.3, -0.25) is 0 Å². The molecule has 0 radical (unpaired) electrons. The van der Waals surface area contributed by atoms with Crippen molar-refractivity contribution in [2.45, 2.75) is 17.6 Å². The Labute approximate surface area is 91.6 Å². The van der Waals surface area contributed by atoms with Gasteiger partial charge in [-0.2, -0.15) is 20.5 Å². The molecule has 0 aromatic heterocycles. The van der Waals surface area contributed by atoms with Crippen LogP contribution in [0.25, 0.3) is 0 Å². The minimum atomic E-state index is -3.29. The number of hydrogen-bond acceptors (Lipinski definition) is 2. The van der Waals surface area contributed by atoms with E-state index in [4.69, 9.17) is 11.6 Å². The lowest BCUT2D eigenvalue weighted by atomic mass is 10.1. The van der Waals surface area contributed by atoms with Crippen molar-refractivity contribution in [3.05, 3.63) is 23.4 Å². The highest BCUT2D eigenvalue weighted by Crippen LogP contribution is 2.29. The molecule has 1 nitrogen and oxygen atoms in total.